The van der Waals surface area contributed by atoms with Crippen LogP contribution in [0.15, 0.2) is 140 Å². The summed E-state index contributed by atoms with van der Waals surface area (Å²) in [6, 6.07) is 45.5. The van der Waals surface area contributed by atoms with Gasteiger partial charge in [-0.15, -0.1) is 11.3 Å². The molecule has 9 rings (SSSR count). The molecule has 0 radical (unpaired) electrons. The summed E-state index contributed by atoms with van der Waals surface area (Å²) in [5, 5.41) is 2.62. The zero-order chi connectivity index (χ0) is 30.8. The Morgan fingerprint density at radius 3 is 2.11 bits per heavy atom. The van der Waals surface area contributed by atoms with Gasteiger partial charge in [0.05, 0.1) is 11.4 Å². The summed E-state index contributed by atoms with van der Waals surface area (Å²) >= 11 is 1.87. The summed E-state index contributed by atoms with van der Waals surface area (Å²) in [4.78, 5) is 14.9. The minimum atomic E-state index is -0.245. The van der Waals surface area contributed by atoms with Gasteiger partial charge in [-0.25, -0.2) is 9.97 Å². The van der Waals surface area contributed by atoms with E-state index in [0.29, 0.717) is 0 Å². The number of aromatic nitrogens is 3. The van der Waals surface area contributed by atoms with E-state index in [4.69, 9.17) is 9.97 Å². The van der Waals surface area contributed by atoms with Gasteiger partial charge in [-0.3, -0.25) is 4.98 Å². The van der Waals surface area contributed by atoms with Crippen molar-refractivity contribution in [1.82, 2.24) is 15.0 Å². The zero-order valence-electron chi connectivity index (χ0n) is 25.5. The standard InChI is InChI=1S/C42H29N3S/c1-42(2)35-17-5-3-14-34(35)39-37(42)38(44-41(45-39)27-21-19-26(20-22-27)30-12-9-23-43-25-30)29-11-7-10-28(24-29)31-15-8-16-33-32-13-4-6-18-36(32)46-40(31)33/h3-25H,1-2H3. The maximum Gasteiger partial charge on any atom is 0.160 e. The Hall–Kier alpha value is -5.45. The molecule has 0 saturated carbocycles. The molecule has 5 aromatic carbocycles. The van der Waals surface area contributed by atoms with Crippen LogP contribution in [0.3, 0.4) is 0 Å². The highest BCUT2D eigenvalue weighted by atomic mass is 32.1. The Kier molecular flexibility index (Phi) is 6.02. The van der Waals surface area contributed by atoms with Crippen molar-refractivity contribution < 1.29 is 0 Å². The highest BCUT2D eigenvalue weighted by molar-refractivity contribution is 7.26. The van der Waals surface area contributed by atoms with Crippen LogP contribution in [0, 0.1) is 0 Å². The molecular formula is C42H29N3S. The van der Waals surface area contributed by atoms with Gasteiger partial charge in [-0.1, -0.05) is 123 Å². The van der Waals surface area contributed by atoms with E-state index in [0.717, 1.165) is 39.5 Å². The molecular weight excluding hydrogens is 579 g/mol. The number of rotatable bonds is 4. The van der Waals surface area contributed by atoms with Crippen LogP contribution in [0.25, 0.3) is 76.3 Å². The first kappa shape index (κ1) is 26.9. The van der Waals surface area contributed by atoms with Gasteiger partial charge in [0.2, 0.25) is 0 Å². The van der Waals surface area contributed by atoms with E-state index in [9.17, 15) is 0 Å². The van der Waals surface area contributed by atoms with Gasteiger partial charge in [0.15, 0.2) is 5.82 Å². The molecule has 0 aliphatic heterocycles. The van der Waals surface area contributed by atoms with E-state index in [1.165, 1.54) is 48.0 Å². The van der Waals surface area contributed by atoms with Crippen LogP contribution in [0.2, 0.25) is 0 Å². The maximum absolute atomic E-state index is 5.38. The van der Waals surface area contributed by atoms with Gasteiger partial charge in [-0.05, 0) is 46.0 Å². The van der Waals surface area contributed by atoms with E-state index < -0.39 is 0 Å². The van der Waals surface area contributed by atoms with Crippen LogP contribution in [-0.2, 0) is 5.41 Å². The molecule has 0 N–H and O–H groups in total. The smallest absolute Gasteiger partial charge is 0.160 e. The van der Waals surface area contributed by atoms with Crippen molar-refractivity contribution in [2.24, 2.45) is 0 Å². The molecule has 3 aromatic heterocycles. The van der Waals surface area contributed by atoms with Crippen molar-refractivity contribution in [2.45, 2.75) is 19.3 Å². The van der Waals surface area contributed by atoms with E-state index in [1.807, 2.05) is 23.6 Å². The topological polar surface area (TPSA) is 38.7 Å². The van der Waals surface area contributed by atoms with Crippen LogP contribution >= 0.6 is 11.3 Å². The van der Waals surface area contributed by atoms with Crippen molar-refractivity contribution in [2.75, 3.05) is 0 Å². The average Bonchev–Trinajstić information content (AvgIpc) is 3.61. The predicted octanol–water partition coefficient (Wildman–Crippen LogP) is 11.2. The molecule has 3 nitrogen and oxygen atoms in total. The second-order valence-electron chi connectivity index (χ2n) is 12.5. The van der Waals surface area contributed by atoms with Crippen molar-refractivity contribution in [1.29, 1.82) is 0 Å². The van der Waals surface area contributed by atoms with Crippen molar-refractivity contribution >= 4 is 31.5 Å². The fraction of sp³-hybridized carbons (Fsp3) is 0.0714. The van der Waals surface area contributed by atoms with Crippen molar-refractivity contribution in [3.8, 4) is 56.2 Å². The molecule has 0 amide bonds. The van der Waals surface area contributed by atoms with Crippen LogP contribution in [0.4, 0.5) is 0 Å². The molecule has 0 spiro atoms. The van der Waals surface area contributed by atoms with Gasteiger partial charge in [0, 0.05) is 60.2 Å². The Morgan fingerprint density at radius 2 is 1.24 bits per heavy atom. The number of nitrogens with zero attached hydrogens (tertiary/aromatic N) is 3. The summed E-state index contributed by atoms with van der Waals surface area (Å²) in [7, 11) is 0. The van der Waals surface area contributed by atoms with E-state index in [2.05, 4.69) is 140 Å². The summed E-state index contributed by atoms with van der Waals surface area (Å²) < 4.78 is 2.63. The lowest BCUT2D eigenvalue weighted by Gasteiger charge is -2.24. The number of benzene rings is 5. The summed E-state index contributed by atoms with van der Waals surface area (Å²) in [5.41, 5.74) is 12.2. The quantitative estimate of drug-likeness (QED) is 0.200. The SMILES string of the molecule is CC1(C)c2ccccc2-c2nc(-c3ccc(-c4cccnc4)cc3)nc(-c3cccc(-c4cccc5c4sc4ccccc45)c3)c21. The number of hydrogen-bond donors (Lipinski definition) is 0. The second-order valence-corrected chi connectivity index (χ2v) is 13.5. The van der Waals surface area contributed by atoms with E-state index in [1.54, 1.807) is 6.20 Å². The normalized spacial score (nSPS) is 13.2. The number of hydrogen-bond acceptors (Lipinski definition) is 4. The minimum absolute atomic E-state index is 0.245. The molecule has 218 valence electrons. The molecule has 4 heteroatoms. The highest BCUT2D eigenvalue weighted by Crippen LogP contribution is 2.51. The third kappa shape index (κ3) is 4.14. The monoisotopic (exact) mass is 607 g/mol. The summed E-state index contributed by atoms with van der Waals surface area (Å²) in [6.45, 7) is 4.60. The largest absolute Gasteiger partial charge is 0.264 e. The van der Waals surface area contributed by atoms with Gasteiger partial charge >= 0.3 is 0 Å². The fourth-order valence-corrected chi connectivity index (χ4v) is 8.35. The Labute approximate surface area is 271 Å². The third-order valence-electron chi connectivity index (χ3n) is 9.38. The summed E-state index contributed by atoms with van der Waals surface area (Å²) in [6.07, 6.45) is 3.69. The Morgan fingerprint density at radius 1 is 0.543 bits per heavy atom. The summed E-state index contributed by atoms with van der Waals surface area (Å²) in [5.74, 6) is 0.732. The van der Waals surface area contributed by atoms with Gasteiger partial charge in [-0.2, -0.15) is 0 Å². The lowest BCUT2D eigenvalue weighted by Crippen LogP contribution is -2.17. The zero-order valence-corrected chi connectivity index (χ0v) is 26.3. The molecule has 3 heterocycles. The first-order valence-electron chi connectivity index (χ1n) is 15.6. The molecule has 8 aromatic rings. The van der Waals surface area contributed by atoms with Gasteiger partial charge < -0.3 is 0 Å². The molecule has 1 aliphatic carbocycles. The van der Waals surface area contributed by atoms with E-state index in [-0.39, 0.29) is 5.41 Å². The fourth-order valence-electron chi connectivity index (χ4n) is 7.11. The number of fused-ring (bicyclic) bond motifs is 6. The van der Waals surface area contributed by atoms with Crippen LogP contribution in [0.5, 0.6) is 0 Å². The lowest BCUT2D eigenvalue weighted by atomic mass is 9.80. The van der Waals surface area contributed by atoms with Crippen molar-refractivity contribution in [3.05, 3.63) is 151 Å². The molecule has 0 bridgehead atoms. The molecule has 46 heavy (non-hydrogen) atoms. The first-order chi connectivity index (χ1) is 22.6. The van der Waals surface area contributed by atoms with E-state index >= 15 is 0 Å². The lowest BCUT2D eigenvalue weighted by molar-refractivity contribution is 0.658. The third-order valence-corrected chi connectivity index (χ3v) is 10.6. The van der Waals surface area contributed by atoms with Crippen molar-refractivity contribution in [3.63, 3.8) is 0 Å². The van der Waals surface area contributed by atoms with Gasteiger partial charge in [0.1, 0.15) is 0 Å². The second kappa shape index (κ2) is 10.3. The number of pyridine rings is 1. The molecule has 0 saturated heterocycles. The Bertz CT molecular complexity index is 2440. The maximum atomic E-state index is 5.38. The minimum Gasteiger partial charge on any atom is -0.264 e. The molecule has 0 unspecified atom stereocenters. The average molecular weight is 608 g/mol. The Balaban J connectivity index is 1.24. The predicted molar refractivity (Wildman–Crippen MR) is 192 cm³/mol. The van der Waals surface area contributed by atoms with Gasteiger partial charge in [0.25, 0.3) is 0 Å². The van der Waals surface area contributed by atoms with Crippen LogP contribution in [0.1, 0.15) is 25.0 Å². The highest BCUT2D eigenvalue weighted by Gasteiger charge is 2.40. The molecule has 0 atom stereocenters. The molecule has 0 fully saturated rings. The first-order valence-corrected chi connectivity index (χ1v) is 16.4. The number of thiophene rings is 1. The molecule has 1 aliphatic rings. The van der Waals surface area contributed by atoms with Crippen LogP contribution in [-0.4, -0.2) is 15.0 Å². The van der Waals surface area contributed by atoms with Crippen LogP contribution < -0.4 is 0 Å².